The van der Waals surface area contributed by atoms with Gasteiger partial charge in [0.05, 0.1) is 19.8 Å². The molecule has 1 aromatic rings. The van der Waals surface area contributed by atoms with Gasteiger partial charge < -0.3 is 25.4 Å². The summed E-state index contributed by atoms with van der Waals surface area (Å²) in [7, 11) is 1.58. The van der Waals surface area contributed by atoms with Gasteiger partial charge in [-0.3, -0.25) is 19.2 Å². The van der Waals surface area contributed by atoms with Crippen LogP contribution in [0.25, 0.3) is 0 Å². The fraction of sp³-hybridized carbons (Fsp3) is 0.600. The van der Waals surface area contributed by atoms with Gasteiger partial charge in [0, 0.05) is 12.0 Å². The zero-order valence-electron chi connectivity index (χ0n) is 23.2. The Morgan fingerprint density at radius 1 is 1.00 bits per heavy atom. The van der Waals surface area contributed by atoms with Crippen LogP contribution in [-0.4, -0.2) is 60.9 Å². The van der Waals surface area contributed by atoms with Crippen molar-refractivity contribution in [2.24, 2.45) is 5.92 Å². The summed E-state index contributed by atoms with van der Waals surface area (Å²) >= 11 is 0. The van der Waals surface area contributed by atoms with Crippen molar-refractivity contribution in [2.45, 2.75) is 95.4 Å². The predicted molar refractivity (Wildman–Crippen MR) is 146 cm³/mol. The number of rotatable bonds is 13. The lowest BCUT2D eigenvalue weighted by atomic mass is 9.90. The highest BCUT2D eigenvalue weighted by Crippen LogP contribution is 2.33. The van der Waals surface area contributed by atoms with Crippen LogP contribution in [-0.2, 0) is 30.3 Å². The molecule has 0 bridgehead atoms. The summed E-state index contributed by atoms with van der Waals surface area (Å²) in [5, 5.41) is 8.52. The highest BCUT2D eigenvalue weighted by Gasteiger charge is 2.50. The molecule has 1 aliphatic heterocycles. The lowest BCUT2D eigenvalue weighted by molar-refractivity contribution is -0.134. The van der Waals surface area contributed by atoms with E-state index >= 15 is 0 Å². The molecule has 1 heterocycles. The van der Waals surface area contributed by atoms with Crippen molar-refractivity contribution >= 4 is 23.5 Å². The summed E-state index contributed by atoms with van der Waals surface area (Å²) in [6, 6.07) is 4.80. The molecule has 9 heteroatoms. The van der Waals surface area contributed by atoms with Crippen molar-refractivity contribution in [1.29, 1.82) is 0 Å². The Bertz CT molecular complexity index is 1090. The maximum absolute atomic E-state index is 13.7. The molecule has 0 spiro atoms. The van der Waals surface area contributed by atoms with Crippen molar-refractivity contribution in [3.63, 3.8) is 0 Å². The molecular weight excluding hydrogens is 498 g/mol. The third kappa shape index (κ3) is 7.68. The van der Waals surface area contributed by atoms with Crippen molar-refractivity contribution in [3.05, 3.63) is 41.5 Å². The van der Waals surface area contributed by atoms with E-state index in [1.165, 1.54) is 0 Å². The number of allylic oxidation sites excluding steroid dienone is 1. The Labute approximate surface area is 230 Å². The Hall–Kier alpha value is -3.20. The summed E-state index contributed by atoms with van der Waals surface area (Å²) in [6.07, 6.45) is 9.49. The average molecular weight is 540 g/mol. The first-order valence-corrected chi connectivity index (χ1v) is 14.1. The summed E-state index contributed by atoms with van der Waals surface area (Å²) in [5.41, 5.74) is 0.644. The quantitative estimate of drug-likeness (QED) is 0.331. The number of ether oxygens (including phenoxy) is 2. The fourth-order valence-electron chi connectivity index (χ4n) is 5.44. The lowest BCUT2D eigenvalue weighted by Crippen LogP contribution is -2.57. The van der Waals surface area contributed by atoms with Crippen LogP contribution in [0.3, 0.4) is 0 Å². The Morgan fingerprint density at radius 3 is 2.26 bits per heavy atom. The number of ketones is 1. The number of benzene rings is 1. The molecule has 9 nitrogen and oxygen atoms in total. The number of nitrogens with one attached hydrogen (secondary N) is 3. The van der Waals surface area contributed by atoms with Gasteiger partial charge in [0.1, 0.15) is 23.4 Å². The van der Waals surface area contributed by atoms with Gasteiger partial charge in [-0.05, 0) is 63.1 Å². The van der Waals surface area contributed by atoms with Gasteiger partial charge in [-0.2, -0.15) is 0 Å². The molecule has 2 aliphatic carbocycles. The van der Waals surface area contributed by atoms with Crippen molar-refractivity contribution < 1.29 is 28.7 Å². The SMILES string of the molecule is COc1ccc(C[C@H](NC(=O)[C@@H](C)NC(=O)C2=CCCC2)C(=O)N[C@@H](CC2CCCC2)C(=O)[C@]2(C)CO2)cc1. The van der Waals surface area contributed by atoms with E-state index in [-0.39, 0.29) is 18.1 Å². The van der Waals surface area contributed by atoms with Gasteiger partial charge in [0.15, 0.2) is 5.78 Å². The van der Waals surface area contributed by atoms with E-state index < -0.39 is 35.5 Å². The molecule has 3 amide bonds. The fourth-order valence-corrected chi connectivity index (χ4v) is 5.44. The number of hydrogen-bond donors (Lipinski definition) is 3. The molecule has 1 aromatic carbocycles. The minimum absolute atomic E-state index is 0.122. The zero-order chi connectivity index (χ0) is 28.0. The number of epoxide rings is 1. The van der Waals surface area contributed by atoms with Crippen LogP contribution in [0.1, 0.15) is 70.8 Å². The van der Waals surface area contributed by atoms with Crippen LogP contribution in [0, 0.1) is 5.92 Å². The second-order valence-electron chi connectivity index (χ2n) is 11.3. The van der Waals surface area contributed by atoms with E-state index in [1.807, 2.05) is 18.2 Å². The van der Waals surface area contributed by atoms with E-state index in [1.54, 1.807) is 33.1 Å². The predicted octanol–water partition coefficient (Wildman–Crippen LogP) is 2.76. The van der Waals surface area contributed by atoms with Crippen molar-refractivity contribution in [3.8, 4) is 5.75 Å². The molecule has 3 N–H and O–H groups in total. The van der Waals surface area contributed by atoms with Gasteiger partial charge in [-0.1, -0.05) is 43.9 Å². The molecule has 0 unspecified atom stereocenters. The molecular formula is C30H41N3O6. The van der Waals surface area contributed by atoms with Crippen LogP contribution in [0.15, 0.2) is 35.9 Å². The molecule has 212 valence electrons. The average Bonchev–Trinajstić information content (AvgIpc) is 3.32. The molecule has 3 aliphatic rings. The second kappa shape index (κ2) is 12.8. The molecule has 0 aromatic heterocycles. The van der Waals surface area contributed by atoms with Gasteiger partial charge >= 0.3 is 0 Å². The largest absolute Gasteiger partial charge is 0.497 e. The van der Waals surface area contributed by atoms with E-state index in [0.29, 0.717) is 36.7 Å². The normalized spacial score (nSPS) is 22.8. The van der Waals surface area contributed by atoms with Crippen LogP contribution in [0.2, 0.25) is 0 Å². The first-order valence-electron chi connectivity index (χ1n) is 14.1. The minimum Gasteiger partial charge on any atom is -0.497 e. The Balaban J connectivity index is 1.47. The topological polar surface area (TPSA) is 126 Å². The highest BCUT2D eigenvalue weighted by atomic mass is 16.6. The molecule has 4 rings (SSSR count). The highest BCUT2D eigenvalue weighted by molar-refractivity contribution is 5.99. The van der Waals surface area contributed by atoms with Gasteiger partial charge in [0.25, 0.3) is 0 Å². The molecule has 0 radical (unpaired) electrons. The summed E-state index contributed by atoms with van der Waals surface area (Å²) < 4.78 is 10.6. The third-order valence-corrected chi connectivity index (χ3v) is 8.08. The summed E-state index contributed by atoms with van der Waals surface area (Å²) in [4.78, 5) is 52.6. The van der Waals surface area contributed by atoms with Crippen molar-refractivity contribution in [2.75, 3.05) is 13.7 Å². The summed E-state index contributed by atoms with van der Waals surface area (Å²) in [5.74, 6) is -0.227. The monoisotopic (exact) mass is 539 g/mol. The van der Waals surface area contributed by atoms with Crippen molar-refractivity contribution in [1.82, 2.24) is 16.0 Å². The molecule has 39 heavy (non-hydrogen) atoms. The third-order valence-electron chi connectivity index (χ3n) is 8.08. The zero-order valence-corrected chi connectivity index (χ0v) is 23.2. The minimum atomic E-state index is -0.942. The number of amides is 3. The van der Waals surface area contributed by atoms with Gasteiger partial charge in [0.2, 0.25) is 17.7 Å². The van der Waals surface area contributed by atoms with Gasteiger partial charge in [-0.15, -0.1) is 0 Å². The molecule has 1 saturated heterocycles. The van der Waals surface area contributed by atoms with Gasteiger partial charge in [-0.25, -0.2) is 0 Å². The number of Topliss-reactive ketones (excluding diaryl/α,β-unsaturated/α-hetero) is 1. The number of methoxy groups -OCH3 is 1. The summed E-state index contributed by atoms with van der Waals surface area (Å²) in [6.45, 7) is 3.70. The first kappa shape index (κ1) is 28.8. The maximum atomic E-state index is 13.7. The van der Waals surface area contributed by atoms with Crippen LogP contribution in [0.4, 0.5) is 0 Å². The number of hydrogen-bond acceptors (Lipinski definition) is 6. The van der Waals surface area contributed by atoms with Crippen LogP contribution in [0.5, 0.6) is 5.75 Å². The van der Waals surface area contributed by atoms with E-state index in [9.17, 15) is 19.2 Å². The maximum Gasteiger partial charge on any atom is 0.247 e. The van der Waals surface area contributed by atoms with E-state index in [4.69, 9.17) is 9.47 Å². The smallest absolute Gasteiger partial charge is 0.247 e. The van der Waals surface area contributed by atoms with E-state index in [2.05, 4.69) is 16.0 Å². The molecule has 2 fully saturated rings. The standard InChI is InChI=1S/C30H41N3O6/c1-19(31-28(36)22-10-6-7-11-22)27(35)33-25(17-21-12-14-23(38-3)15-13-21)29(37)32-24(16-20-8-4-5-9-20)26(34)30(2)18-39-30/h10,12-15,19-20,24-25H,4-9,11,16-18H2,1-3H3,(H,31,36)(H,32,37)(H,33,35)/t19-,24+,25+,30+/m1/s1. The van der Waals surface area contributed by atoms with Crippen LogP contribution >= 0.6 is 0 Å². The molecule has 4 atom stereocenters. The van der Waals surface area contributed by atoms with E-state index in [0.717, 1.165) is 44.1 Å². The number of carbonyl (C=O) groups is 4. The first-order chi connectivity index (χ1) is 18.7. The molecule has 1 saturated carbocycles. The second-order valence-corrected chi connectivity index (χ2v) is 11.3. The Kier molecular flexibility index (Phi) is 9.43. The number of carbonyl (C=O) groups excluding carboxylic acids is 4. The lowest BCUT2D eigenvalue weighted by Gasteiger charge is -2.26. The van der Waals surface area contributed by atoms with Crippen LogP contribution < -0.4 is 20.7 Å². The Morgan fingerprint density at radius 2 is 1.67 bits per heavy atom.